The Bertz CT molecular complexity index is 400. The average Bonchev–Trinajstić information content (AvgIpc) is 2.19. The van der Waals surface area contributed by atoms with E-state index in [0.29, 0.717) is 22.1 Å². The van der Waals surface area contributed by atoms with E-state index in [0.717, 1.165) is 0 Å². The van der Waals surface area contributed by atoms with Crippen molar-refractivity contribution in [3.05, 3.63) is 22.7 Å². The summed E-state index contributed by atoms with van der Waals surface area (Å²) >= 11 is 6.12. The Morgan fingerprint density at radius 1 is 0.944 bits per heavy atom. The summed E-state index contributed by atoms with van der Waals surface area (Å²) in [5, 5.41) is 10.1. The van der Waals surface area contributed by atoms with Gasteiger partial charge in [0.1, 0.15) is 0 Å². The Morgan fingerprint density at radius 2 is 1.39 bits per heavy atom. The van der Waals surface area contributed by atoms with E-state index in [4.69, 9.17) is 21.1 Å². The van der Waals surface area contributed by atoms with Gasteiger partial charge in [-0.3, -0.25) is 0 Å². The third-order valence-corrected chi connectivity index (χ3v) is 2.57. The third kappa shape index (κ3) is 4.07. The smallest absolute Gasteiger partial charge is 0.163 e. The molecular formula is C14H21ClO3. The molecule has 1 N–H and O–H groups in total. The molecule has 0 aliphatic heterocycles. The van der Waals surface area contributed by atoms with Gasteiger partial charge in [-0.15, -0.1) is 0 Å². The van der Waals surface area contributed by atoms with Crippen LogP contribution in [0.1, 0.15) is 46.3 Å². The lowest BCUT2D eigenvalue weighted by molar-refractivity contribution is 0.189. The third-order valence-electron chi connectivity index (χ3n) is 2.24. The topological polar surface area (TPSA) is 38.7 Å². The molecule has 1 aromatic rings. The van der Waals surface area contributed by atoms with Crippen LogP contribution in [-0.2, 0) is 0 Å². The number of hydrogen-bond donors (Lipinski definition) is 1. The molecule has 1 aromatic carbocycles. The van der Waals surface area contributed by atoms with Crippen LogP contribution in [0, 0.1) is 0 Å². The monoisotopic (exact) mass is 272 g/mol. The fourth-order valence-corrected chi connectivity index (χ4v) is 1.87. The summed E-state index contributed by atoms with van der Waals surface area (Å²) in [4.78, 5) is 0. The second-order valence-electron chi connectivity index (χ2n) is 4.83. The van der Waals surface area contributed by atoms with Gasteiger partial charge in [-0.2, -0.15) is 0 Å². The van der Waals surface area contributed by atoms with E-state index in [2.05, 4.69) is 0 Å². The quantitative estimate of drug-likeness (QED) is 0.881. The molecule has 0 amide bonds. The summed E-state index contributed by atoms with van der Waals surface area (Å²) in [6.45, 7) is 9.43. The van der Waals surface area contributed by atoms with Crippen molar-refractivity contribution in [2.24, 2.45) is 0 Å². The van der Waals surface area contributed by atoms with E-state index < -0.39 is 6.10 Å². The van der Waals surface area contributed by atoms with Gasteiger partial charge in [0, 0.05) is 11.6 Å². The lowest BCUT2D eigenvalue weighted by atomic mass is 10.1. The first-order chi connectivity index (χ1) is 8.31. The summed E-state index contributed by atoms with van der Waals surface area (Å²) in [6, 6.07) is 3.44. The van der Waals surface area contributed by atoms with Gasteiger partial charge in [-0.05, 0) is 40.7 Å². The van der Waals surface area contributed by atoms with Crippen LogP contribution in [0.5, 0.6) is 11.5 Å². The van der Waals surface area contributed by atoms with Crippen molar-refractivity contribution in [1.29, 1.82) is 0 Å². The van der Waals surface area contributed by atoms with Gasteiger partial charge in [0.2, 0.25) is 0 Å². The maximum atomic E-state index is 9.66. The zero-order valence-corrected chi connectivity index (χ0v) is 12.3. The van der Waals surface area contributed by atoms with Gasteiger partial charge in [-0.25, -0.2) is 0 Å². The van der Waals surface area contributed by atoms with E-state index >= 15 is 0 Å². The van der Waals surface area contributed by atoms with Crippen molar-refractivity contribution < 1.29 is 14.6 Å². The number of hydrogen-bond acceptors (Lipinski definition) is 3. The van der Waals surface area contributed by atoms with Crippen LogP contribution < -0.4 is 9.47 Å². The number of rotatable bonds is 5. The van der Waals surface area contributed by atoms with Gasteiger partial charge in [-0.1, -0.05) is 11.6 Å². The van der Waals surface area contributed by atoms with E-state index in [-0.39, 0.29) is 12.2 Å². The summed E-state index contributed by atoms with van der Waals surface area (Å²) in [5.41, 5.74) is 0.642. The molecule has 18 heavy (non-hydrogen) atoms. The lowest BCUT2D eigenvalue weighted by Crippen LogP contribution is -2.11. The molecule has 0 spiro atoms. The van der Waals surface area contributed by atoms with Crippen LogP contribution in [0.2, 0.25) is 5.02 Å². The first-order valence-corrected chi connectivity index (χ1v) is 6.53. The van der Waals surface area contributed by atoms with Crippen LogP contribution >= 0.6 is 11.6 Å². The summed E-state index contributed by atoms with van der Waals surface area (Å²) in [5.74, 6) is 1.21. The second kappa shape index (κ2) is 6.30. The van der Waals surface area contributed by atoms with Crippen molar-refractivity contribution in [2.75, 3.05) is 0 Å². The Balaban J connectivity index is 3.18. The molecular weight excluding hydrogens is 252 g/mol. The number of aliphatic hydroxyl groups excluding tert-OH is 1. The average molecular weight is 273 g/mol. The minimum absolute atomic E-state index is 0.0301. The molecule has 0 bridgehead atoms. The molecule has 0 saturated heterocycles. The fourth-order valence-electron chi connectivity index (χ4n) is 1.56. The highest BCUT2D eigenvalue weighted by molar-refractivity contribution is 6.31. The molecule has 1 rings (SSSR count). The van der Waals surface area contributed by atoms with Crippen molar-refractivity contribution in [3.63, 3.8) is 0 Å². The molecule has 1 unspecified atom stereocenters. The molecule has 0 aromatic heterocycles. The normalized spacial score (nSPS) is 12.9. The van der Waals surface area contributed by atoms with Crippen LogP contribution in [-0.4, -0.2) is 17.3 Å². The maximum Gasteiger partial charge on any atom is 0.163 e. The minimum atomic E-state index is -0.639. The highest BCUT2D eigenvalue weighted by Gasteiger charge is 2.16. The summed E-state index contributed by atoms with van der Waals surface area (Å²) in [6.07, 6.45) is -0.573. The highest BCUT2D eigenvalue weighted by atomic mass is 35.5. The minimum Gasteiger partial charge on any atom is -0.487 e. The molecule has 0 radical (unpaired) electrons. The molecule has 3 nitrogen and oxygen atoms in total. The first kappa shape index (κ1) is 15.1. The van der Waals surface area contributed by atoms with Crippen LogP contribution in [0.4, 0.5) is 0 Å². The van der Waals surface area contributed by atoms with Gasteiger partial charge < -0.3 is 14.6 Å². The van der Waals surface area contributed by atoms with E-state index in [1.54, 1.807) is 19.1 Å². The molecule has 0 aliphatic rings. The number of aliphatic hydroxyl groups is 1. The summed E-state index contributed by atoms with van der Waals surface area (Å²) in [7, 11) is 0. The zero-order valence-electron chi connectivity index (χ0n) is 11.5. The maximum absolute atomic E-state index is 9.66. The molecule has 0 heterocycles. The van der Waals surface area contributed by atoms with Crippen molar-refractivity contribution in [1.82, 2.24) is 0 Å². The second-order valence-corrected chi connectivity index (χ2v) is 5.24. The van der Waals surface area contributed by atoms with Gasteiger partial charge in [0.05, 0.1) is 23.3 Å². The molecule has 0 fully saturated rings. The van der Waals surface area contributed by atoms with Crippen molar-refractivity contribution in [2.45, 2.75) is 52.9 Å². The number of halogens is 1. The number of benzene rings is 1. The van der Waals surface area contributed by atoms with E-state index in [9.17, 15) is 5.11 Å². The van der Waals surface area contributed by atoms with Crippen molar-refractivity contribution >= 4 is 11.6 Å². The summed E-state index contributed by atoms with van der Waals surface area (Å²) < 4.78 is 11.4. The fraction of sp³-hybridized carbons (Fsp3) is 0.571. The number of ether oxygens (including phenoxy) is 2. The standard InChI is InChI=1S/C14H21ClO3/c1-8(2)17-13-6-11(10(5)16)12(15)7-14(13)18-9(3)4/h6-10,16H,1-5H3. The largest absolute Gasteiger partial charge is 0.487 e. The molecule has 0 saturated carbocycles. The van der Waals surface area contributed by atoms with Gasteiger partial charge in [0.25, 0.3) is 0 Å². The Morgan fingerprint density at radius 3 is 1.78 bits per heavy atom. The predicted molar refractivity (Wildman–Crippen MR) is 73.6 cm³/mol. The van der Waals surface area contributed by atoms with Crippen LogP contribution in [0.25, 0.3) is 0 Å². The van der Waals surface area contributed by atoms with Crippen LogP contribution in [0.15, 0.2) is 12.1 Å². The van der Waals surface area contributed by atoms with Crippen molar-refractivity contribution in [3.8, 4) is 11.5 Å². The zero-order chi connectivity index (χ0) is 13.9. The molecule has 0 aliphatic carbocycles. The SMILES string of the molecule is CC(C)Oc1cc(Cl)c(C(C)O)cc1OC(C)C. The van der Waals surface area contributed by atoms with E-state index in [1.807, 2.05) is 27.7 Å². The lowest BCUT2D eigenvalue weighted by Gasteiger charge is -2.19. The van der Waals surface area contributed by atoms with E-state index in [1.165, 1.54) is 0 Å². The predicted octanol–water partition coefficient (Wildman–Crippen LogP) is 3.97. The van der Waals surface area contributed by atoms with Gasteiger partial charge in [0.15, 0.2) is 11.5 Å². The molecule has 1 atom stereocenters. The first-order valence-electron chi connectivity index (χ1n) is 6.16. The van der Waals surface area contributed by atoms with Crippen LogP contribution in [0.3, 0.4) is 0 Å². The Hall–Kier alpha value is -0.930. The van der Waals surface area contributed by atoms with Gasteiger partial charge >= 0.3 is 0 Å². The Labute approximate surface area is 114 Å². The Kier molecular flexibility index (Phi) is 5.29. The molecule has 102 valence electrons. The molecule has 4 heteroatoms. The highest BCUT2D eigenvalue weighted by Crippen LogP contribution is 2.37.